The molecule has 19 heavy (non-hydrogen) atoms. The fraction of sp³-hybridized carbons (Fsp3) is 0.467. The number of hydrogen-bond donors (Lipinski definition) is 0. The Morgan fingerprint density at radius 2 is 1.95 bits per heavy atom. The van der Waals surface area contributed by atoms with Gasteiger partial charge in [0, 0.05) is 39.3 Å². The van der Waals surface area contributed by atoms with E-state index in [9.17, 15) is 4.79 Å². The molecule has 1 rings (SSSR count). The number of benzene rings is 1. The monoisotopic (exact) mass is 259 g/mol. The predicted octanol–water partition coefficient (Wildman–Crippen LogP) is 2.19. The summed E-state index contributed by atoms with van der Waals surface area (Å²) in [6, 6.07) is 10.2. The topological polar surface area (TPSA) is 47.3 Å². The largest absolute Gasteiger partial charge is 0.374 e. The Bertz CT molecular complexity index is 465. The highest BCUT2D eigenvalue weighted by molar-refractivity contribution is 5.76. The van der Waals surface area contributed by atoms with Crippen LogP contribution >= 0.6 is 0 Å². The van der Waals surface area contributed by atoms with E-state index in [4.69, 9.17) is 5.26 Å². The van der Waals surface area contributed by atoms with E-state index in [0.29, 0.717) is 25.9 Å². The zero-order valence-corrected chi connectivity index (χ0v) is 11.9. The standard InChI is InChI=1S/C15H21N3O/c1-13-7-4-5-8-14(13)17(2)12-9-15(19)18(3)11-6-10-16/h4-5,7-8H,6,9,11-12H2,1-3H3. The minimum atomic E-state index is 0.0793. The maximum Gasteiger partial charge on any atom is 0.224 e. The van der Waals surface area contributed by atoms with Crippen molar-refractivity contribution in [3.8, 4) is 6.07 Å². The second-order valence-electron chi connectivity index (χ2n) is 4.68. The number of anilines is 1. The Labute approximate surface area is 115 Å². The number of amides is 1. The third kappa shape index (κ3) is 4.63. The molecule has 0 bridgehead atoms. The molecule has 0 saturated carbocycles. The molecule has 0 radical (unpaired) electrons. The van der Waals surface area contributed by atoms with Crippen LogP contribution in [0.15, 0.2) is 24.3 Å². The normalized spacial score (nSPS) is 9.79. The van der Waals surface area contributed by atoms with E-state index < -0.39 is 0 Å². The molecule has 0 aliphatic carbocycles. The van der Waals surface area contributed by atoms with Crippen molar-refractivity contribution in [2.24, 2.45) is 0 Å². The van der Waals surface area contributed by atoms with Gasteiger partial charge in [0.05, 0.1) is 12.5 Å². The number of rotatable bonds is 6. The molecule has 0 aliphatic rings. The Hall–Kier alpha value is -2.02. The van der Waals surface area contributed by atoms with Gasteiger partial charge < -0.3 is 9.80 Å². The fourth-order valence-electron chi connectivity index (χ4n) is 1.91. The van der Waals surface area contributed by atoms with Gasteiger partial charge in [-0.2, -0.15) is 5.26 Å². The number of para-hydroxylation sites is 1. The zero-order chi connectivity index (χ0) is 14.3. The van der Waals surface area contributed by atoms with E-state index >= 15 is 0 Å². The number of hydrogen-bond acceptors (Lipinski definition) is 3. The Morgan fingerprint density at radius 1 is 1.26 bits per heavy atom. The van der Waals surface area contributed by atoms with Crippen molar-refractivity contribution in [3.05, 3.63) is 29.8 Å². The van der Waals surface area contributed by atoms with E-state index in [-0.39, 0.29) is 5.91 Å². The molecule has 0 N–H and O–H groups in total. The van der Waals surface area contributed by atoms with E-state index in [1.54, 1.807) is 11.9 Å². The van der Waals surface area contributed by atoms with Crippen molar-refractivity contribution >= 4 is 11.6 Å². The van der Waals surface area contributed by atoms with Gasteiger partial charge in [-0.25, -0.2) is 0 Å². The summed E-state index contributed by atoms with van der Waals surface area (Å²) in [4.78, 5) is 15.6. The molecule has 1 aromatic carbocycles. The maximum atomic E-state index is 11.9. The quantitative estimate of drug-likeness (QED) is 0.786. The highest BCUT2D eigenvalue weighted by Crippen LogP contribution is 2.17. The summed E-state index contributed by atoms with van der Waals surface area (Å²) < 4.78 is 0. The second kappa shape index (κ2) is 7.42. The lowest BCUT2D eigenvalue weighted by Gasteiger charge is -2.22. The third-order valence-corrected chi connectivity index (χ3v) is 3.17. The molecule has 0 spiro atoms. The number of aryl methyl sites for hydroxylation is 1. The van der Waals surface area contributed by atoms with Gasteiger partial charge in [0.25, 0.3) is 0 Å². The average Bonchev–Trinajstić information content (AvgIpc) is 2.42. The van der Waals surface area contributed by atoms with Crippen LogP contribution in [0.2, 0.25) is 0 Å². The van der Waals surface area contributed by atoms with E-state index in [2.05, 4.69) is 24.0 Å². The average molecular weight is 259 g/mol. The molecule has 4 heteroatoms. The van der Waals surface area contributed by atoms with Gasteiger partial charge in [-0.3, -0.25) is 4.79 Å². The zero-order valence-electron chi connectivity index (χ0n) is 11.9. The summed E-state index contributed by atoms with van der Waals surface area (Å²) in [5.41, 5.74) is 2.35. The van der Waals surface area contributed by atoms with Crippen LogP contribution in [0.1, 0.15) is 18.4 Å². The Morgan fingerprint density at radius 3 is 2.58 bits per heavy atom. The summed E-state index contributed by atoms with van der Waals surface area (Å²) in [5.74, 6) is 0.0793. The van der Waals surface area contributed by atoms with Crippen LogP contribution in [0.5, 0.6) is 0 Å². The van der Waals surface area contributed by atoms with Crippen molar-refractivity contribution in [3.63, 3.8) is 0 Å². The molecule has 0 atom stereocenters. The molecular weight excluding hydrogens is 238 g/mol. The van der Waals surface area contributed by atoms with E-state index in [0.717, 1.165) is 5.69 Å². The van der Waals surface area contributed by atoms with Crippen LogP contribution in [-0.2, 0) is 4.79 Å². The Balaban J connectivity index is 2.47. The highest BCUT2D eigenvalue weighted by atomic mass is 16.2. The maximum absolute atomic E-state index is 11.9. The van der Waals surface area contributed by atoms with Crippen LogP contribution in [0.3, 0.4) is 0 Å². The van der Waals surface area contributed by atoms with Crippen molar-refractivity contribution < 1.29 is 4.79 Å². The summed E-state index contributed by atoms with van der Waals surface area (Å²) in [5, 5.41) is 8.50. The minimum absolute atomic E-state index is 0.0793. The van der Waals surface area contributed by atoms with E-state index in [1.807, 2.05) is 25.2 Å². The first kappa shape index (κ1) is 15.0. The molecule has 0 fully saturated rings. The van der Waals surface area contributed by atoms with Gasteiger partial charge in [0.15, 0.2) is 0 Å². The molecule has 0 aromatic heterocycles. The molecule has 0 unspecified atom stereocenters. The Kier molecular flexibility index (Phi) is 5.87. The summed E-state index contributed by atoms with van der Waals surface area (Å²) in [6.45, 7) is 3.25. The molecule has 0 aliphatic heterocycles. The molecule has 102 valence electrons. The molecule has 0 heterocycles. The lowest BCUT2D eigenvalue weighted by molar-refractivity contribution is -0.129. The van der Waals surface area contributed by atoms with Gasteiger partial charge in [-0.05, 0) is 18.6 Å². The molecule has 1 aromatic rings. The van der Waals surface area contributed by atoms with Crippen LogP contribution in [0, 0.1) is 18.3 Å². The van der Waals surface area contributed by atoms with Crippen LogP contribution in [0.4, 0.5) is 5.69 Å². The van der Waals surface area contributed by atoms with Crippen molar-refractivity contribution in [1.82, 2.24) is 4.90 Å². The van der Waals surface area contributed by atoms with Gasteiger partial charge in [-0.15, -0.1) is 0 Å². The molecule has 1 amide bonds. The number of carbonyl (C=O) groups is 1. The van der Waals surface area contributed by atoms with Crippen molar-refractivity contribution in [1.29, 1.82) is 5.26 Å². The lowest BCUT2D eigenvalue weighted by atomic mass is 10.2. The van der Waals surface area contributed by atoms with Gasteiger partial charge in [-0.1, -0.05) is 18.2 Å². The summed E-state index contributed by atoms with van der Waals surface area (Å²) >= 11 is 0. The number of nitrogens with zero attached hydrogens (tertiary/aromatic N) is 3. The van der Waals surface area contributed by atoms with Gasteiger partial charge >= 0.3 is 0 Å². The minimum Gasteiger partial charge on any atom is -0.374 e. The van der Waals surface area contributed by atoms with Gasteiger partial charge in [0.1, 0.15) is 0 Å². The van der Waals surface area contributed by atoms with Crippen LogP contribution < -0.4 is 4.90 Å². The smallest absolute Gasteiger partial charge is 0.224 e. The SMILES string of the molecule is Cc1ccccc1N(C)CCC(=O)N(C)CCC#N. The van der Waals surface area contributed by atoms with Crippen LogP contribution in [-0.4, -0.2) is 38.0 Å². The first-order valence-electron chi connectivity index (χ1n) is 6.44. The first-order valence-corrected chi connectivity index (χ1v) is 6.44. The molecular formula is C15H21N3O. The van der Waals surface area contributed by atoms with Crippen molar-refractivity contribution in [2.45, 2.75) is 19.8 Å². The first-order chi connectivity index (χ1) is 9.06. The third-order valence-electron chi connectivity index (χ3n) is 3.17. The van der Waals surface area contributed by atoms with Gasteiger partial charge in [0.2, 0.25) is 5.91 Å². The van der Waals surface area contributed by atoms with Crippen molar-refractivity contribution in [2.75, 3.05) is 32.1 Å². The second-order valence-corrected chi connectivity index (χ2v) is 4.68. The summed E-state index contributed by atoms with van der Waals surface area (Å²) in [6.07, 6.45) is 0.850. The highest BCUT2D eigenvalue weighted by Gasteiger charge is 2.10. The molecule has 4 nitrogen and oxygen atoms in total. The fourth-order valence-corrected chi connectivity index (χ4v) is 1.91. The molecule has 0 saturated heterocycles. The summed E-state index contributed by atoms with van der Waals surface area (Å²) in [7, 11) is 3.73. The number of nitriles is 1. The van der Waals surface area contributed by atoms with E-state index in [1.165, 1.54) is 5.56 Å². The number of carbonyl (C=O) groups excluding carboxylic acids is 1. The van der Waals surface area contributed by atoms with Crippen LogP contribution in [0.25, 0.3) is 0 Å². The predicted molar refractivity (Wildman–Crippen MR) is 76.9 cm³/mol. The lowest BCUT2D eigenvalue weighted by Crippen LogP contribution is -2.31.